The lowest BCUT2D eigenvalue weighted by atomic mass is 10.0. The molecule has 84 valence electrons. The van der Waals surface area contributed by atoms with E-state index in [0.29, 0.717) is 11.1 Å². The average molecular weight is 267 g/mol. The summed E-state index contributed by atoms with van der Waals surface area (Å²) in [5, 5.41) is 4.95. The zero-order valence-corrected chi connectivity index (χ0v) is 10.6. The first kappa shape index (κ1) is 13.1. The van der Waals surface area contributed by atoms with Gasteiger partial charge in [-0.05, 0) is 43.5 Å². The van der Waals surface area contributed by atoms with E-state index < -0.39 is 0 Å². The number of nitrogens with one attached hydrogen (secondary N) is 1. The van der Waals surface area contributed by atoms with Gasteiger partial charge >= 0.3 is 0 Å². The molecule has 0 bridgehead atoms. The standard InChI is InChI=1S/C11H13Cl2N.ClH/c12-9-4-3-8(11(13)7-9)6-10-2-1-5-14-10;/h3-4,7,10,14H,1-2,5-6H2;1H. The van der Waals surface area contributed by atoms with Gasteiger partial charge in [0.25, 0.3) is 0 Å². The van der Waals surface area contributed by atoms with Crippen LogP contribution in [0.4, 0.5) is 0 Å². The van der Waals surface area contributed by atoms with E-state index in [-0.39, 0.29) is 12.4 Å². The van der Waals surface area contributed by atoms with Crippen molar-refractivity contribution in [3.8, 4) is 0 Å². The first-order chi connectivity index (χ1) is 6.75. The molecule has 1 unspecified atom stereocenters. The van der Waals surface area contributed by atoms with Gasteiger partial charge in [-0.15, -0.1) is 12.4 Å². The van der Waals surface area contributed by atoms with E-state index in [4.69, 9.17) is 23.2 Å². The molecule has 1 aliphatic heterocycles. The lowest BCUT2D eigenvalue weighted by Crippen LogP contribution is -2.23. The topological polar surface area (TPSA) is 12.0 Å². The van der Waals surface area contributed by atoms with Gasteiger partial charge in [0.1, 0.15) is 0 Å². The van der Waals surface area contributed by atoms with Crippen molar-refractivity contribution in [1.29, 1.82) is 0 Å². The smallest absolute Gasteiger partial charge is 0.0453 e. The van der Waals surface area contributed by atoms with E-state index in [1.54, 1.807) is 0 Å². The van der Waals surface area contributed by atoms with Crippen molar-refractivity contribution < 1.29 is 0 Å². The second-order valence-electron chi connectivity index (χ2n) is 3.73. The molecule has 15 heavy (non-hydrogen) atoms. The van der Waals surface area contributed by atoms with Gasteiger partial charge < -0.3 is 5.32 Å². The molecule has 4 heteroatoms. The quantitative estimate of drug-likeness (QED) is 0.860. The predicted octanol–water partition coefficient (Wildman–Crippen LogP) is 3.71. The Morgan fingerprint density at radius 3 is 2.73 bits per heavy atom. The molecule has 1 saturated heterocycles. The molecule has 1 aromatic carbocycles. The van der Waals surface area contributed by atoms with Crippen molar-refractivity contribution in [2.24, 2.45) is 0 Å². The molecule has 1 aliphatic rings. The van der Waals surface area contributed by atoms with Gasteiger partial charge in [0.05, 0.1) is 0 Å². The lowest BCUT2D eigenvalue weighted by Gasteiger charge is -2.11. The fourth-order valence-corrected chi connectivity index (χ4v) is 2.37. The highest BCUT2D eigenvalue weighted by atomic mass is 35.5. The summed E-state index contributed by atoms with van der Waals surface area (Å²) >= 11 is 11.9. The van der Waals surface area contributed by atoms with E-state index in [9.17, 15) is 0 Å². The van der Waals surface area contributed by atoms with Crippen LogP contribution in [-0.2, 0) is 6.42 Å². The van der Waals surface area contributed by atoms with Crippen LogP contribution in [-0.4, -0.2) is 12.6 Å². The van der Waals surface area contributed by atoms with E-state index in [2.05, 4.69) is 5.32 Å². The summed E-state index contributed by atoms with van der Waals surface area (Å²) in [4.78, 5) is 0. The van der Waals surface area contributed by atoms with Crippen LogP contribution in [0.5, 0.6) is 0 Å². The zero-order chi connectivity index (χ0) is 9.97. The number of benzene rings is 1. The van der Waals surface area contributed by atoms with Crippen LogP contribution >= 0.6 is 35.6 Å². The number of rotatable bonds is 2. The minimum atomic E-state index is 0. The highest BCUT2D eigenvalue weighted by Gasteiger charge is 2.15. The van der Waals surface area contributed by atoms with Gasteiger partial charge in [-0.1, -0.05) is 29.3 Å². The van der Waals surface area contributed by atoms with Gasteiger partial charge in [-0.2, -0.15) is 0 Å². The van der Waals surface area contributed by atoms with Gasteiger partial charge in [0.2, 0.25) is 0 Å². The molecule has 0 spiro atoms. The average Bonchev–Trinajstić information content (AvgIpc) is 2.62. The van der Waals surface area contributed by atoms with Crippen LogP contribution in [0, 0.1) is 0 Å². The molecule has 0 aliphatic carbocycles. The van der Waals surface area contributed by atoms with Crippen molar-refractivity contribution in [1.82, 2.24) is 5.32 Å². The number of halogens is 3. The largest absolute Gasteiger partial charge is 0.314 e. The first-order valence-corrected chi connectivity index (χ1v) is 5.68. The van der Waals surface area contributed by atoms with Crippen LogP contribution in [0.3, 0.4) is 0 Å². The molecule has 1 atom stereocenters. The fourth-order valence-electron chi connectivity index (χ4n) is 1.88. The summed E-state index contributed by atoms with van der Waals surface area (Å²) in [6.45, 7) is 1.13. The zero-order valence-electron chi connectivity index (χ0n) is 8.30. The summed E-state index contributed by atoms with van der Waals surface area (Å²) in [5.74, 6) is 0. The maximum atomic E-state index is 6.10. The molecule has 1 aromatic rings. The van der Waals surface area contributed by atoms with E-state index in [1.807, 2.05) is 18.2 Å². The van der Waals surface area contributed by atoms with E-state index in [1.165, 1.54) is 18.4 Å². The summed E-state index contributed by atoms with van der Waals surface area (Å²) in [7, 11) is 0. The molecule has 0 radical (unpaired) electrons. The summed E-state index contributed by atoms with van der Waals surface area (Å²) in [5.41, 5.74) is 1.19. The van der Waals surface area contributed by atoms with E-state index >= 15 is 0 Å². The predicted molar refractivity (Wildman–Crippen MR) is 68.4 cm³/mol. The van der Waals surface area contributed by atoms with Crippen LogP contribution in [0.25, 0.3) is 0 Å². The van der Waals surface area contributed by atoms with Gasteiger partial charge in [-0.25, -0.2) is 0 Å². The normalized spacial score (nSPS) is 20.0. The molecule has 2 rings (SSSR count). The van der Waals surface area contributed by atoms with Gasteiger partial charge in [-0.3, -0.25) is 0 Å². The summed E-state index contributed by atoms with van der Waals surface area (Å²) in [6, 6.07) is 6.32. The third-order valence-corrected chi connectivity index (χ3v) is 3.23. The summed E-state index contributed by atoms with van der Waals surface area (Å²) < 4.78 is 0. The minimum Gasteiger partial charge on any atom is -0.314 e. The van der Waals surface area contributed by atoms with Crippen molar-refractivity contribution >= 4 is 35.6 Å². The Morgan fingerprint density at radius 1 is 1.33 bits per heavy atom. The molecule has 0 amide bonds. The van der Waals surface area contributed by atoms with Crippen LogP contribution in [0.1, 0.15) is 18.4 Å². The Labute approximate surface area is 107 Å². The molecule has 1 nitrogen and oxygen atoms in total. The van der Waals surface area contributed by atoms with Crippen molar-refractivity contribution in [2.75, 3.05) is 6.54 Å². The van der Waals surface area contributed by atoms with Gasteiger partial charge in [0, 0.05) is 16.1 Å². The Morgan fingerprint density at radius 2 is 2.13 bits per heavy atom. The molecule has 0 aromatic heterocycles. The van der Waals surface area contributed by atoms with Crippen molar-refractivity contribution in [3.05, 3.63) is 33.8 Å². The Balaban J connectivity index is 0.00000112. The van der Waals surface area contributed by atoms with Crippen LogP contribution in [0.15, 0.2) is 18.2 Å². The Kier molecular flexibility index (Phi) is 5.20. The Bertz CT molecular complexity index is 322. The van der Waals surface area contributed by atoms with Crippen molar-refractivity contribution in [2.45, 2.75) is 25.3 Å². The Hall–Kier alpha value is 0.0500. The number of hydrogen-bond acceptors (Lipinski definition) is 1. The second-order valence-corrected chi connectivity index (χ2v) is 4.58. The third kappa shape index (κ3) is 3.53. The molecular formula is C11H14Cl3N. The highest BCUT2D eigenvalue weighted by molar-refractivity contribution is 6.35. The number of hydrogen-bond donors (Lipinski definition) is 1. The molecule has 1 fully saturated rings. The second kappa shape index (κ2) is 5.95. The maximum absolute atomic E-state index is 6.10. The highest BCUT2D eigenvalue weighted by Crippen LogP contribution is 2.23. The van der Waals surface area contributed by atoms with Gasteiger partial charge in [0.15, 0.2) is 0 Å². The maximum Gasteiger partial charge on any atom is 0.0453 e. The summed E-state index contributed by atoms with van der Waals surface area (Å²) in [6.07, 6.45) is 3.53. The third-order valence-electron chi connectivity index (χ3n) is 2.64. The van der Waals surface area contributed by atoms with Crippen LogP contribution < -0.4 is 5.32 Å². The lowest BCUT2D eigenvalue weighted by molar-refractivity contribution is 0.603. The molecular weight excluding hydrogens is 252 g/mol. The minimum absolute atomic E-state index is 0. The molecule has 1 heterocycles. The molecule has 0 saturated carbocycles. The van der Waals surface area contributed by atoms with E-state index in [0.717, 1.165) is 18.0 Å². The SMILES string of the molecule is Cl.Clc1ccc(CC2CCCN2)c(Cl)c1. The monoisotopic (exact) mass is 265 g/mol. The first-order valence-electron chi connectivity index (χ1n) is 4.93. The van der Waals surface area contributed by atoms with Crippen LogP contribution in [0.2, 0.25) is 10.0 Å². The van der Waals surface area contributed by atoms with Crippen molar-refractivity contribution in [3.63, 3.8) is 0 Å². The fraction of sp³-hybridized carbons (Fsp3) is 0.455. The molecule has 1 N–H and O–H groups in total.